The summed E-state index contributed by atoms with van der Waals surface area (Å²) >= 11 is 0. The Morgan fingerprint density at radius 3 is 1.95 bits per heavy atom. The second kappa shape index (κ2) is 9.86. The summed E-state index contributed by atoms with van der Waals surface area (Å²) in [6, 6.07) is 39.8. The van der Waals surface area contributed by atoms with Crippen LogP contribution in [0.2, 0.25) is 0 Å². The van der Waals surface area contributed by atoms with Gasteiger partial charge in [0.1, 0.15) is 12.0 Å². The number of aryl methyl sites for hydroxylation is 2. The molecule has 0 fully saturated rings. The van der Waals surface area contributed by atoms with Gasteiger partial charge >= 0.3 is 0 Å². The van der Waals surface area contributed by atoms with Crippen LogP contribution in [0.5, 0.6) is 0 Å². The van der Waals surface area contributed by atoms with Crippen molar-refractivity contribution in [3.8, 4) is 11.4 Å². The van der Waals surface area contributed by atoms with Crippen LogP contribution < -0.4 is 5.32 Å². The first-order valence-electron chi connectivity index (χ1n) is 13.4. The summed E-state index contributed by atoms with van der Waals surface area (Å²) < 4.78 is 0. The number of nitrogens with zero attached hydrogens (tertiary/aromatic N) is 4. The summed E-state index contributed by atoms with van der Waals surface area (Å²) in [6.45, 7) is 3.99. The predicted octanol–water partition coefficient (Wildman–Crippen LogP) is 7.56. The second-order valence-electron chi connectivity index (χ2n) is 10.1. The van der Waals surface area contributed by atoms with Gasteiger partial charge in [0.05, 0.1) is 0 Å². The van der Waals surface area contributed by atoms with Crippen molar-refractivity contribution in [1.82, 2.24) is 15.3 Å². The minimum Gasteiger partial charge on any atom is -0.344 e. The first kappa shape index (κ1) is 23.9. The van der Waals surface area contributed by atoms with Gasteiger partial charge in [0.25, 0.3) is 0 Å². The maximum atomic E-state index is 5.15. The average molecular weight is 518 g/mol. The van der Waals surface area contributed by atoms with Crippen molar-refractivity contribution in [3.63, 3.8) is 0 Å². The van der Waals surface area contributed by atoms with Crippen LogP contribution in [0.4, 0.5) is 0 Å². The van der Waals surface area contributed by atoms with Gasteiger partial charge < -0.3 is 5.32 Å². The molecule has 1 aromatic heterocycles. The number of fused-ring (bicyclic) bond motifs is 2. The molecule has 0 saturated carbocycles. The molecule has 40 heavy (non-hydrogen) atoms. The third-order valence-corrected chi connectivity index (χ3v) is 7.29. The van der Waals surface area contributed by atoms with E-state index in [1.54, 1.807) is 0 Å². The van der Waals surface area contributed by atoms with Crippen molar-refractivity contribution in [2.75, 3.05) is 0 Å². The molecule has 2 heterocycles. The Kier molecular flexibility index (Phi) is 5.90. The zero-order chi connectivity index (χ0) is 27.1. The van der Waals surface area contributed by atoms with Crippen molar-refractivity contribution < 1.29 is 0 Å². The fourth-order valence-corrected chi connectivity index (χ4v) is 5.42. The van der Waals surface area contributed by atoms with Crippen molar-refractivity contribution in [1.29, 1.82) is 0 Å². The Morgan fingerprint density at radius 1 is 0.600 bits per heavy atom. The van der Waals surface area contributed by atoms with Crippen molar-refractivity contribution in [2.45, 2.75) is 20.0 Å². The summed E-state index contributed by atoms with van der Waals surface area (Å²) in [7, 11) is 0. The van der Waals surface area contributed by atoms with Crippen LogP contribution in [0.25, 0.3) is 32.9 Å². The van der Waals surface area contributed by atoms with E-state index in [-0.39, 0.29) is 6.17 Å². The van der Waals surface area contributed by atoms with Crippen LogP contribution in [0.3, 0.4) is 0 Å². The van der Waals surface area contributed by atoms with Gasteiger partial charge in [-0.15, -0.1) is 0 Å². The van der Waals surface area contributed by atoms with E-state index in [1.165, 1.54) is 16.2 Å². The fraction of sp³-hybridized carbons (Fsp3) is 0.0857. The number of nitrogens with one attached hydrogen (secondary N) is 1. The van der Waals surface area contributed by atoms with Crippen molar-refractivity contribution in [2.24, 2.45) is 9.98 Å². The lowest BCUT2D eigenvalue weighted by molar-refractivity contribution is 0.680. The van der Waals surface area contributed by atoms with Crippen LogP contribution in [-0.4, -0.2) is 21.6 Å². The molecule has 6 aromatic rings. The number of hydrogen-bond donors (Lipinski definition) is 1. The number of hydrogen-bond acceptors (Lipinski definition) is 5. The maximum Gasteiger partial charge on any atom is 0.159 e. The van der Waals surface area contributed by atoms with Crippen LogP contribution in [0, 0.1) is 13.8 Å². The minimum atomic E-state index is -0.296. The van der Waals surface area contributed by atoms with Crippen LogP contribution in [-0.2, 0) is 0 Å². The van der Waals surface area contributed by atoms with E-state index in [4.69, 9.17) is 9.98 Å². The lowest BCUT2D eigenvalue weighted by atomic mass is 10.00. The van der Waals surface area contributed by atoms with Gasteiger partial charge in [-0.25, -0.2) is 20.0 Å². The van der Waals surface area contributed by atoms with Crippen molar-refractivity contribution in [3.05, 3.63) is 143 Å². The highest BCUT2D eigenvalue weighted by Crippen LogP contribution is 2.30. The van der Waals surface area contributed by atoms with Gasteiger partial charge in [-0.1, -0.05) is 109 Å². The SMILES string of the molecule is Cc1cc(C)nc(-c2ccc(C3=NC(c4cccc5ccccc45)NC(c4cccc5ccccc45)=N3)cc2)n1. The smallest absolute Gasteiger partial charge is 0.159 e. The Morgan fingerprint density at radius 2 is 1.20 bits per heavy atom. The molecule has 1 aliphatic rings. The number of aromatic nitrogens is 2. The molecule has 1 unspecified atom stereocenters. The van der Waals surface area contributed by atoms with Crippen LogP contribution in [0.15, 0.2) is 125 Å². The highest BCUT2D eigenvalue weighted by molar-refractivity contribution is 6.17. The molecule has 5 aromatic carbocycles. The number of amidine groups is 2. The Hall–Kier alpha value is -5.16. The monoisotopic (exact) mass is 517 g/mol. The Bertz CT molecular complexity index is 1920. The zero-order valence-electron chi connectivity index (χ0n) is 22.3. The lowest BCUT2D eigenvalue weighted by Crippen LogP contribution is -2.33. The van der Waals surface area contributed by atoms with E-state index >= 15 is 0 Å². The van der Waals surface area contributed by atoms with Gasteiger partial charge in [-0.2, -0.15) is 0 Å². The minimum absolute atomic E-state index is 0.296. The van der Waals surface area contributed by atoms with Gasteiger partial charge in [0, 0.05) is 33.6 Å². The zero-order valence-corrected chi connectivity index (χ0v) is 22.3. The molecule has 192 valence electrons. The Balaban J connectivity index is 1.36. The van der Waals surface area contributed by atoms with Gasteiger partial charge in [0.15, 0.2) is 11.7 Å². The normalized spacial score (nSPS) is 15.0. The third kappa shape index (κ3) is 4.41. The van der Waals surface area contributed by atoms with Gasteiger partial charge in [-0.3, -0.25) is 0 Å². The summed E-state index contributed by atoms with van der Waals surface area (Å²) in [5.74, 6) is 2.22. The molecule has 1 atom stereocenters. The number of rotatable bonds is 4. The highest BCUT2D eigenvalue weighted by atomic mass is 15.2. The van der Waals surface area contributed by atoms with E-state index in [0.29, 0.717) is 5.84 Å². The standard InChI is InChI=1S/C35H27N5/c1-22-21-23(2)37-32(36-22)26-17-19-27(20-18-26)33-38-34(30-15-7-11-24-9-3-5-13-28(24)30)40-35(39-33)31-16-8-12-25-10-4-6-14-29(25)31/h3-21,34H,1-2H3,(H,38,39,40). The lowest BCUT2D eigenvalue weighted by Gasteiger charge is -2.25. The van der Waals surface area contributed by atoms with E-state index in [9.17, 15) is 0 Å². The molecule has 0 bridgehead atoms. The van der Waals surface area contributed by atoms with Crippen LogP contribution >= 0.6 is 0 Å². The average Bonchev–Trinajstić information content (AvgIpc) is 3.00. The first-order valence-corrected chi connectivity index (χ1v) is 13.4. The molecule has 5 heteroatoms. The summed E-state index contributed by atoms with van der Waals surface area (Å²) in [4.78, 5) is 19.5. The molecule has 1 aliphatic heterocycles. The largest absolute Gasteiger partial charge is 0.344 e. The first-order chi connectivity index (χ1) is 19.6. The number of benzene rings is 5. The maximum absolute atomic E-state index is 5.15. The van der Waals surface area contributed by atoms with Crippen LogP contribution in [0.1, 0.15) is 34.2 Å². The molecule has 0 aliphatic carbocycles. The summed E-state index contributed by atoms with van der Waals surface area (Å²) in [5.41, 5.74) is 5.99. The molecule has 0 amide bonds. The highest BCUT2D eigenvalue weighted by Gasteiger charge is 2.23. The molecule has 0 saturated heterocycles. The number of aliphatic imine (C=N–C) groups is 2. The molecule has 1 N–H and O–H groups in total. The van der Waals surface area contributed by atoms with Gasteiger partial charge in [-0.05, 0) is 41.5 Å². The van der Waals surface area contributed by atoms with Gasteiger partial charge in [0.2, 0.25) is 0 Å². The molecule has 5 nitrogen and oxygen atoms in total. The summed E-state index contributed by atoms with van der Waals surface area (Å²) in [5, 5.41) is 8.34. The molecule has 7 rings (SSSR count). The fourth-order valence-electron chi connectivity index (χ4n) is 5.42. The topological polar surface area (TPSA) is 62.5 Å². The molecule has 0 radical (unpaired) electrons. The van der Waals surface area contributed by atoms with E-state index < -0.39 is 0 Å². The quantitative estimate of drug-likeness (QED) is 0.262. The van der Waals surface area contributed by atoms with Crippen molar-refractivity contribution >= 4 is 33.2 Å². The summed E-state index contributed by atoms with van der Waals surface area (Å²) in [6.07, 6.45) is -0.296. The molecule has 0 spiro atoms. The Labute approximate surface area is 233 Å². The van der Waals surface area contributed by atoms with E-state index in [0.717, 1.165) is 50.7 Å². The predicted molar refractivity (Wildman–Crippen MR) is 164 cm³/mol. The third-order valence-electron chi connectivity index (χ3n) is 7.29. The van der Waals surface area contributed by atoms with E-state index in [1.807, 2.05) is 32.0 Å². The molecular formula is C35H27N5. The second-order valence-corrected chi connectivity index (χ2v) is 10.1. The van der Waals surface area contributed by atoms with E-state index in [2.05, 4.69) is 112 Å². The molecular weight excluding hydrogens is 490 g/mol.